The van der Waals surface area contributed by atoms with E-state index in [1.165, 1.54) is 0 Å². The van der Waals surface area contributed by atoms with E-state index in [1.807, 2.05) is 5.32 Å². The van der Waals surface area contributed by atoms with Crippen molar-refractivity contribution in [1.82, 2.24) is 5.32 Å². The Hall–Kier alpha value is -1.39. The van der Waals surface area contributed by atoms with E-state index in [1.54, 1.807) is 0 Å². The zero-order valence-electron chi connectivity index (χ0n) is 5.38. The zero-order chi connectivity index (χ0) is 8.15. The zero-order valence-corrected chi connectivity index (χ0v) is 5.38. The number of carbonyl (C=O) groups excluding carboxylic acids is 2. The molecule has 0 saturated heterocycles. The van der Waals surface area contributed by atoms with Gasteiger partial charge in [-0.05, 0) is 0 Å². The molecule has 0 aliphatic heterocycles. The van der Waals surface area contributed by atoms with Gasteiger partial charge in [0.2, 0.25) is 5.78 Å². The van der Waals surface area contributed by atoms with Gasteiger partial charge < -0.3 is 10.4 Å². The van der Waals surface area contributed by atoms with Crippen molar-refractivity contribution in [3.8, 4) is 0 Å². The fourth-order valence-electron chi connectivity index (χ4n) is 0.280. The molecule has 0 aromatic heterocycles. The molecule has 0 rings (SSSR count). The third-order valence-corrected chi connectivity index (χ3v) is 0.720. The van der Waals surface area contributed by atoms with E-state index in [-0.39, 0.29) is 0 Å². The highest BCUT2D eigenvalue weighted by molar-refractivity contribution is 6.35. The average molecular weight is 145 g/mol. The standard InChI is InChI=1S/C5H7NO4/c1-3(7)5(10)6-2-4(8)9/h2H2,1H3,(H,6,10)(H,8,9). The molecule has 0 unspecified atom stereocenters. The molecule has 5 heteroatoms. The first kappa shape index (κ1) is 8.61. The van der Waals surface area contributed by atoms with Crippen LogP contribution in [0.3, 0.4) is 0 Å². The average Bonchev–Trinajstić information content (AvgIpc) is 1.82. The van der Waals surface area contributed by atoms with E-state index >= 15 is 0 Å². The number of carbonyl (C=O) groups is 3. The number of Topliss-reactive ketones (excluding diaryl/α,β-unsaturated/α-hetero) is 1. The Morgan fingerprint density at radius 1 is 1.40 bits per heavy atom. The van der Waals surface area contributed by atoms with E-state index in [9.17, 15) is 14.4 Å². The van der Waals surface area contributed by atoms with Crippen LogP contribution >= 0.6 is 0 Å². The predicted molar refractivity (Wildman–Crippen MR) is 31.3 cm³/mol. The molecule has 0 atom stereocenters. The van der Waals surface area contributed by atoms with Gasteiger partial charge in [0.25, 0.3) is 5.91 Å². The number of aliphatic carboxylic acids is 1. The summed E-state index contributed by atoms with van der Waals surface area (Å²) in [4.78, 5) is 30.3. The number of carboxylic acid groups (broad SMARTS) is 1. The van der Waals surface area contributed by atoms with E-state index in [4.69, 9.17) is 5.11 Å². The maximum absolute atomic E-state index is 10.3. The summed E-state index contributed by atoms with van der Waals surface area (Å²) in [5, 5.41) is 9.91. The Kier molecular flexibility index (Phi) is 3.10. The Morgan fingerprint density at radius 2 is 1.90 bits per heavy atom. The second-order valence-electron chi connectivity index (χ2n) is 1.63. The van der Waals surface area contributed by atoms with E-state index in [2.05, 4.69) is 0 Å². The van der Waals surface area contributed by atoms with Crippen molar-refractivity contribution in [1.29, 1.82) is 0 Å². The molecule has 0 aromatic rings. The predicted octanol–water partition coefficient (Wildman–Crippen LogP) is -1.22. The van der Waals surface area contributed by atoms with Gasteiger partial charge in [-0.2, -0.15) is 0 Å². The Bertz CT molecular complexity index is 174. The van der Waals surface area contributed by atoms with Crippen LogP contribution in [0.4, 0.5) is 0 Å². The molecule has 56 valence electrons. The van der Waals surface area contributed by atoms with Gasteiger partial charge >= 0.3 is 5.97 Å². The molecule has 0 aliphatic carbocycles. The summed E-state index contributed by atoms with van der Waals surface area (Å²) in [5.74, 6) is -2.74. The minimum absolute atomic E-state index is 0.515. The molecule has 0 radical (unpaired) electrons. The highest BCUT2D eigenvalue weighted by Gasteiger charge is 2.07. The number of rotatable bonds is 3. The topological polar surface area (TPSA) is 83.5 Å². The number of hydrogen-bond acceptors (Lipinski definition) is 3. The molecule has 0 spiro atoms. The van der Waals surface area contributed by atoms with Crippen LogP contribution in [0.5, 0.6) is 0 Å². The van der Waals surface area contributed by atoms with Gasteiger partial charge in [0.05, 0.1) is 0 Å². The number of nitrogens with one attached hydrogen (secondary N) is 1. The van der Waals surface area contributed by atoms with Crippen molar-refractivity contribution in [2.75, 3.05) is 6.54 Å². The number of carboxylic acids is 1. The highest BCUT2D eigenvalue weighted by atomic mass is 16.4. The van der Waals surface area contributed by atoms with Crippen LogP contribution in [0.25, 0.3) is 0 Å². The van der Waals surface area contributed by atoms with Gasteiger partial charge in [-0.25, -0.2) is 0 Å². The SMILES string of the molecule is CC(=O)C(=O)NCC(=O)O. The van der Waals surface area contributed by atoms with Gasteiger partial charge in [0.1, 0.15) is 6.54 Å². The summed E-state index contributed by atoms with van der Waals surface area (Å²) in [7, 11) is 0. The second kappa shape index (κ2) is 3.60. The molecule has 0 heterocycles. The molecule has 0 aliphatic rings. The van der Waals surface area contributed by atoms with Crippen molar-refractivity contribution in [3.05, 3.63) is 0 Å². The Labute approximate surface area is 57.0 Å². The lowest BCUT2D eigenvalue weighted by Gasteiger charge is -1.95. The first-order valence-electron chi connectivity index (χ1n) is 2.54. The molecule has 1 amide bonds. The van der Waals surface area contributed by atoms with Gasteiger partial charge in [-0.15, -0.1) is 0 Å². The van der Waals surface area contributed by atoms with Crippen LogP contribution in [0, 0.1) is 0 Å². The minimum atomic E-state index is -1.17. The highest BCUT2D eigenvalue weighted by Crippen LogP contribution is 1.68. The maximum atomic E-state index is 10.3. The van der Waals surface area contributed by atoms with Crippen molar-refractivity contribution in [2.24, 2.45) is 0 Å². The summed E-state index contributed by atoms with van der Waals surface area (Å²) < 4.78 is 0. The fraction of sp³-hybridized carbons (Fsp3) is 0.400. The number of amides is 1. The molecular formula is C5H7NO4. The number of ketones is 1. The Morgan fingerprint density at radius 3 is 2.20 bits per heavy atom. The second-order valence-corrected chi connectivity index (χ2v) is 1.63. The third-order valence-electron chi connectivity index (χ3n) is 0.720. The molecule has 0 bridgehead atoms. The van der Waals surface area contributed by atoms with E-state index in [0.717, 1.165) is 6.92 Å². The molecule has 0 fully saturated rings. The lowest BCUT2D eigenvalue weighted by atomic mass is 10.4. The van der Waals surface area contributed by atoms with Crippen LogP contribution in [-0.4, -0.2) is 29.3 Å². The van der Waals surface area contributed by atoms with Gasteiger partial charge in [-0.3, -0.25) is 14.4 Å². The van der Waals surface area contributed by atoms with E-state index in [0.29, 0.717) is 0 Å². The minimum Gasteiger partial charge on any atom is -0.480 e. The van der Waals surface area contributed by atoms with Crippen molar-refractivity contribution in [2.45, 2.75) is 6.92 Å². The molecule has 2 N–H and O–H groups in total. The number of hydrogen-bond donors (Lipinski definition) is 2. The normalized spacial score (nSPS) is 8.50. The summed E-state index contributed by atoms with van der Waals surface area (Å²) in [6, 6.07) is 0. The van der Waals surface area contributed by atoms with Crippen molar-refractivity contribution >= 4 is 17.7 Å². The lowest BCUT2D eigenvalue weighted by Crippen LogP contribution is -2.33. The van der Waals surface area contributed by atoms with Gasteiger partial charge in [0.15, 0.2) is 0 Å². The molecule has 5 nitrogen and oxygen atoms in total. The smallest absolute Gasteiger partial charge is 0.322 e. The van der Waals surface area contributed by atoms with Crippen LogP contribution in [-0.2, 0) is 14.4 Å². The van der Waals surface area contributed by atoms with Crippen LogP contribution in [0.2, 0.25) is 0 Å². The van der Waals surface area contributed by atoms with Crippen LogP contribution < -0.4 is 5.32 Å². The first-order valence-corrected chi connectivity index (χ1v) is 2.54. The van der Waals surface area contributed by atoms with Crippen LogP contribution in [0.15, 0.2) is 0 Å². The molecule has 0 saturated carbocycles. The lowest BCUT2D eigenvalue weighted by molar-refractivity contribution is -0.140. The first-order chi connectivity index (χ1) is 4.54. The van der Waals surface area contributed by atoms with Gasteiger partial charge in [-0.1, -0.05) is 0 Å². The summed E-state index contributed by atoms with van der Waals surface area (Å²) in [6.07, 6.45) is 0. The molecule has 0 aromatic carbocycles. The maximum Gasteiger partial charge on any atom is 0.322 e. The largest absolute Gasteiger partial charge is 0.480 e. The third kappa shape index (κ3) is 3.59. The Balaban J connectivity index is 3.60. The van der Waals surface area contributed by atoms with Crippen LogP contribution in [0.1, 0.15) is 6.92 Å². The monoisotopic (exact) mass is 145 g/mol. The molecule has 10 heavy (non-hydrogen) atoms. The van der Waals surface area contributed by atoms with Crippen molar-refractivity contribution in [3.63, 3.8) is 0 Å². The van der Waals surface area contributed by atoms with E-state index < -0.39 is 24.2 Å². The quantitative estimate of drug-likeness (QED) is 0.487. The summed E-state index contributed by atoms with van der Waals surface area (Å²) >= 11 is 0. The van der Waals surface area contributed by atoms with Gasteiger partial charge in [0, 0.05) is 6.92 Å². The summed E-state index contributed by atoms with van der Waals surface area (Å²) in [6.45, 7) is 0.551. The molecular weight excluding hydrogens is 138 g/mol. The fourth-order valence-corrected chi connectivity index (χ4v) is 0.280. The van der Waals surface area contributed by atoms with Crippen molar-refractivity contribution < 1.29 is 19.5 Å². The summed E-state index contributed by atoms with van der Waals surface area (Å²) in [5.41, 5.74) is 0.